The molecule has 4 fully saturated rings. The summed E-state index contributed by atoms with van der Waals surface area (Å²) in [4.78, 5) is 2.52. The van der Waals surface area contributed by atoms with Crippen molar-refractivity contribution in [1.29, 1.82) is 0 Å². The van der Waals surface area contributed by atoms with Gasteiger partial charge in [0, 0.05) is 40.2 Å². The maximum absolute atomic E-state index is 14.1. The molecule has 536 valence electrons. The minimum Gasteiger partial charge on any atom is -0.302 e. The second-order valence-electron chi connectivity index (χ2n) is 27.7. The Morgan fingerprint density at radius 3 is 1.08 bits per heavy atom. The van der Waals surface area contributed by atoms with Gasteiger partial charge in [-0.1, -0.05) is 327 Å². The van der Waals surface area contributed by atoms with Gasteiger partial charge in [0.15, 0.2) is 0 Å². The average molecular weight is 1530 g/mol. The summed E-state index contributed by atoms with van der Waals surface area (Å²) in [6, 6.07) is 92.2. The van der Waals surface area contributed by atoms with Gasteiger partial charge in [0.1, 0.15) is 0 Å². The summed E-state index contributed by atoms with van der Waals surface area (Å²) in [7, 11) is 0.937. The molecule has 0 amide bonds. The van der Waals surface area contributed by atoms with Crippen LogP contribution in [0.3, 0.4) is 0 Å². The number of halogens is 6. The van der Waals surface area contributed by atoms with Crippen molar-refractivity contribution in [2.75, 3.05) is 14.1 Å². The van der Waals surface area contributed by atoms with Crippen molar-refractivity contribution in [1.82, 2.24) is 4.90 Å². The van der Waals surface area contributed by atoms with Crippen LogP contribution in [0.1, 0.15) is 155 Å². The number of rotatable bonds is 17. The van der Waals surface area contributed by atoms with E-state index in [1.807, 2.05) is 12.1 Å². The molecule has 10 aromatic carbocycles. The second kappa shape index (κ2) is 39.2. The topological polar surface area (TPSA) is 3.24 Å². The monoisotopic (exact) mass is 1530 g/mol. The fourth-order valence-electron chi connectivity index (χ4n) is 16.0. The third kappa shape index (κ3) is 21.0. The summed E-state index contributed by atoms with van der Waals surface area (Å²) < 4.78 is 84.9. The van der Waals surface area contributed by atoms with Crippen molar-refractivity contribution in [3.05, 3.63) is 300 Å². The normalized spacial score (nSPS) is 17.9. The van der Waals surface area contributed by atoms with Crippen molar-refractivity contribution < 1.29 is 60.5 Å². The molecule has 0 aliphatic heterocycles. The third-order valence-corrected chi connectivity index (χ3v) is 31.3. The molecule has 0 radical (unpaired) electrons. The zero-order valence-corrected chi connectivity index (χ0v) is 65.2. The first kappa shape index (κ1) is 80.6. The van der Waals surface area contributed by atoms with Crippen LogP contribution in [0.15, 0.2) is 267 Å². The smallest absolute Gasteiger partial charge is 0.302 e. The number of hydrogen-bond acceptors (Lipinski definition) is 1. The number of nitrogens with zero attached hydrogens (tertiary/aromatic N) is 1. The first-order valence-corrected chi connectivity index (χ1v) is 41.7. The molecule has 6 atom stereocenters. The Morgan fingerprint density at radius 2 is 0.686 bits per heavy atom. The fourth-order valence-corrected chi connectivity index (χ4v) is 27.5. The summed E-state index contributed by atoms with van der Waals surface area (Å²) in [6.45, 7) is 5.30. The predicted molar refractivity (Wildman–Crippen MR) is 421 cm³/mol. The molecule has 102 heavy (non-hydrogen) atoms. The van der Waals surface area contributed by atoms with Gasteiger partial charge in [-0.3, -0.25) is 0 Å². The Balaban J connectivity index is 0.000000206. The molecule has 0 spiro atoms. The molecule has 0 N–H and O–H groups in total. The van der Waals surface area contributed by atoms with Crippen molar-refractivity contribution in [3.63, 3.8) is 0 Å². The molecule has 14 rings (SSSR count). The Bertz CT molecular complexity index is 3900. The molecule has 4 unspecified atom stereocenters. The maximum Gasteiger partial charge on any atom is 0.416 e. The Kier molecular flexibility index (Phi) is 31.0. The van der Waals surface area contributed by atoms with Crippen LogP contribution in [0.4, 0.5) is 26.3 Å². The SMILES string of the molecule is C1CCCC1.C1CCCC1.CN(C)[C@H](c1ccccc1P(c1ccccc1)c1ccccc1)C1CCCC1P(c1ccccc1)c1ccccc1.Cc1cc(P(c2cc(C)cc(C(F)(F)F)c2)[C@H](C)C2CCCC2c2ccccc2P(c2ccccc2)c2ccccc2)cc(C(F)(F)F)c1.[Fe].[Fe]. The Hall–Kier alpha value is -5.50. The second-order valence-corrected chi connectivity index (χ2v) is 37.1. The van der Waals surface area contributed by atoms with Crippen LogP contribution in [0.2, 0.25) is 0 Å². The number of hydrogen-bond donors (Lipinski definition) is 0. The fraction of sp³-hybridized carbons (Fsp3) is 0.326. The van der Waals surface area contributed by atoms with E-state index < -0.39 is 55.2 Å². The van der Waals surface area contributed by atoms with E-state index in [1.54, 1.807) is 26.0 Å². The van der Waals surface area contributed by atoms with E-state index in [4.69, 9.17) is 0 Å². The van der Waals surface area contributed by atoms with Gasteiger partial charge in [-0.2, -0.15) is 26.3 Å². The van der Waals surface area contributed by atoms with Gasteiger partial charge in [0.2, 0.25) is 0 Å². The number of aryl methyl sites for hydroxylation is 2. The van der Waals surface area contributed by atoms with Gasteiger partial charge in [-0.05, 0) is 214 Å². The van der Waals surface area contributed by atoms with Crippen molar-refractivity contribution in [2.24, 2.45) is 11.8 Å². The van der Waals surface area contributed by atoms with Crippen LogP contribution in [-0.4, -0.2) is 30.3 Å². The molecule has 0 heterocycles. The van der Waals surface area contributed by atoms with Crippen LogP contribution in [0.5, 0.6) is 0 Å². The van der Waals surface area contributed by atoms with E-state index in [0.29, 0.717) is 39.4 Å². The van der Waals surface area contributed by atoms with Crippen LogP contribution in [0, 0.1) is 25.7 Å². The molecule has 13 heteroatoms. The minimum absolute atomic E-state index is 0. The summed E-state index contributed by atoms with van der Waals surface area (Å²) in [5.41, 5.74) is 2.52. The molecule has 0 aromatic heterocycles. The molecule has 10 aromatic rings. The van der Waals surface area contributed by atoms with Crippen molar-refractivity contribution in [3.8, 4) is 0 Å². The van der Waals surface area contributed by atoms with E-state index in [0.717, 1.165) is 31.4 Å². The predicted octanol–water partition coefficient (Wildman–Crippen LogP) is 21.7. The zero-order valence-electron chi connectivity index (χ0n) is 59.4. The molecule has 1 nitrogen and oxygen atoms in total. The van der Waals surface area contributed by atoms with Crippen LogP contribution >= 0.6 is 31.7 Å². The number of alkyl halides is 6. The molecule has 4 aliphatic carbocycles. The first-order valence-electron chi connectivity index (χ1n) is 36.2. The average Bonchev–Trinajstić information content (AvgIpc) is 1.36. The summed E-state index contributed by atoms with van der Waals surface area (Å²) in [6.07, 6.45) is 12.4. The summed E-state index contributed by atoms with van der Waals surface area (Å²) in [5.74, 6) is 0.744. The molecule has 0 bridgehead atoms. The van der Waals surface area contributed by atoms with E-state index in [-0.39, 0.29) is 51.6 Å². The standard InChI is InChI=1S/C41H38F6P2.C38H39NP2.2C5H10.2Fe/c1-27-21-30(40(42,43)44)25-34(23-27)48(35-24-28(2)22-31(26-35)41(45,46)47)29(3)36-18-12-19-37(36)38-17-10-11-20-39(38)49(32-13-6-4-7-14-32)33-15-8-5-9-16-33;1-39(2)38(35-27-17-29-37(35)41(32-22-11-5-12-23-32)33-24-13-6-14-25-33)34-26-15-16-28-36(34)40(30-18-7-3-8-19-30)31-20-9-4-10-21-31;2*1-2-4-5-3-1;;/h4-11,13-17,20-26,29,36-37H,12,18-19H2,1-3H3;3-16,18-26,28,35,37-38H,17,27,29H2,1-2H3;2*1-5H2;;/t29-,36?,37?;35?,37?,38-;;;;/m11..../s1. The van der Waals surface area contributed by atoms with E-state index >= 15 is 0 Å². The van der Waals surface area contributed by atoms with Crippen LogP contribution < -0.4 is 53.0 Å². The zero-order chi connectivity index (χ0) is 70.0. The molecule has 4 saturated carbocycles. The van der Waals surface area contributed by atoms with Gasteiger partial charge in [-0.25, -0.2) is 0 Å². The quantitative estimate of drug-likeness (QED) is 0.0499. The van der Waals surface area contributed by atoms with E-state index in [9.17, 15) is 26.3 Å². The molecule has 0 saturated heterocycles. The summed E-state index contributed by atoms with van der Waals surface area (Å²) >= 11 is 0. The molecule has 4 aliphatic rings. The van der Waals surface area contributed by atoms with Gasteiger partial charge in [0.05, 0.1) is 11.1 Å². The van der Waals surface area contributed by atoms with Crippen LogP contribution in [0.25, 0.3) is 0 Å². The van der Waals surface area contributed by atoms with Crippen molar-refractivity contribution in [2.45, 2.75) is 159 Å². The Morgan fingerprint density at radius 1 is 0.353 bits per heavy atom. The number of benzene rings is 10. The van der Waals surface area contributed by atoms with E-state index in [2.05, 4.69) is 244 Å². The molecular weight excluding hydrogens is 1430 g/mol. The van der Waals surface area contributed by atoms with Gasteiger partial charge >= 0.3 is 12.4 Å². The third-order valence-electron chi connectivity index (χ3n) is 20.5. The Labute approximate surface area is 630 Å². The van der Waals surface area contributed by atoms with Gasteiger partial charge < -0.3 is 4.90 Å². The first-order chi connectivity index (χ1) is 48.5. The largest absolute Gasteiger partial charge is 0.416 e. The maximum atomic E-state index is 14.1. The minimum atomic E-state index is -4.57. The van der Waals surface area contributed by atoms with Crippen molar-refractivity contribution >= 4 is 84.7 Å². The van der Waals surface area contributed by atoms with Gasteiger partial charge in [0.25, 0.3) is 0 Å². The molecular formula is C89H97F6Fe2NP4. The summed E-state index contributed by atoms with van der Waals surface area (Å²) in [5, 5.41) is 11.9. The van der Waals surface area contributed by atoms with Gasteiger partial charge in [-0.15, -0.1) is 0 Å². The van der Waals surface area contributed by atoms with E-state index in [1.165, 1.54) is 149 Å². The van der Waals surface area contributed by atoms with Crippen LogP contribution in [-0.2, 0) is 46.5 Å².